The van der Waals surface area contributed by atoms with E-state index >= 15 is 0 Å². The van der Waals surface area contributed by atoms with Crippen molar-refractivity contribution in [1.82, 2.24) is 16.0 Å². The van der Waals surface area contributed by atoms with E-state index in [4.69, 9.17) is 0 Å². The molecule has 1 aromatic rings. The molecule has 0 aromatic heterocycles. The fourth-order valence-electron chi connectivity index (χ4n) is 1.79. The van der Waals surface area contributed by atoms with E-state index in [0.29, 0.717) is 5.56 Å². The van der Waals surface area contributed by atoms with Crippen molar-refractivity contribution in [3.05, 3.63) is 35.4 Å². The zero-order valence-electron chi connectivity index (χ0n) is 13.4. The molecule has 0 aliphatic rings. The molecule has 22 heavy (non-hydrogen) atoms. The Labute approximate surface area is 130 Å². The Kier molecular flexibility index (Phi) is 6.10. The molecule has 0 saturated heterocycles. The van der Waals surface area contributed by atoms with Gasteiger partial charge < -0.3 is 16.0 Å². The number of carbonyl (C=O) groups is 3. The molecular formula is C16H23N3O3. The highest BCUT2D eigenvalue weighted by molar-refractivity contribution is 5.97. The van der Waals surface area contributed by atoms with E-state index in [-0.39, 0.29) is 30.4 Å². The Balaban J connectivity index is 2.36. The predicted molar refractivity (Wildman–Crippen MR) is 84.4 cm³/mol. The van der Waals surface area contributed by atoms with E-state index in [1.54, 1.807) is 12.1 Å². The summed E-state index contributed by atoms with van der Waals surface area (Å²) >= 11 is 0. The summed E-state index contributed by atoms with van der Waals surface area (Å²) in [5.74, 6) is -0.996. The molecule has 0 bridgehead atoms. The van der Waals surface area contributed by atoms with Crippen LogP contribution in [-0.4, -0.2) is 36.3 Å². The van der Waals surface area contributed by atoms with Crippen LogP contribution in [0.1, 0.15) is 36.7 Å². The van der Waals surface area contributed by atoms with E-state index in [1.165, 1.54) is 0 Å². The number of carbonyl (C=O) groups excluding carboxylic acids is 3. The summed E-state index contributed by atoms with van der Waals surface area (Å²) in [6, 6.07) is 7.12. The first-order valence-corrected chi connectivity index (χ1v) is 7.10. The third-order valence-corrected chi connectivity index (χ3v) is 2.76. The average molecular weight is 305 g/mol. The topological polar surface area (TPSA) is 87.3 Å². The van der Waals surface area contributed by atoms with Gasteiger partial charge >= 0.3 is 0 Å². The number of hydrogen-bond acceptors (Lipinski definition) is 3. The molecule has 3 amide bonds. The lowest BCUT2D eigenvalue weighted by atomic mass is 10.1. The fraction of sp³-hybridized carbons (Fsp3) is 0.438. The monoisotopic (exact) mass is 305 g/mol. The van der Waals surface area contributed by atoms with Gasteiger partial charge in [0.25, 0.3) is 5.91 Å². The van der Waals surface area contributed by atoms with Crippen molar-refractivity contribution in [3.8, 4) is 0 Å². The Bertz CT molecular complexity index is 562. The Morgan fingerprint density at radius 3 is 2.14 bits per heavy atom. The van der Waals surface area contributed by atoms with Gasteiger partial charge in [-0.15, -0.1) is 0 Å². The van der Waals surface area contributed by atoms with Crippen molar-refractivity contribution < 1.29 is 14.4 Å². The van der Waals surface area contributed by atoms with Crippen molar-refractivity contribution in [2.45, 2.75) is 33.2 Å². The molecule has 0 unspecified atom stereocenters. The lowest BCUT2D eigenvalue weighted by Crippen LogP contribution is -2.47. The van der Waals surface area contributed by atoms with Crippen LogP contribution >= 0.6 is 0 Å². The molecule has 0 atom stereocenters. The van der Waals surface area contributed by atoms with Crippen molar-refractivity contribution in [3.63, 3.8) is 0 Å². The zero-order chi connectivity index (χ0) is 16.8. The summed E-state index contributed by atoms with van der Waals surface area (Å²) in [6.45, 7) is 7.11. The average Bonchev–Trinajstić information content (AvgIpc) is 2.41. The molecule has 0 aliphatic carbocycles. The van der Waals surface area contributed by atoms with Crippen LogP contribution in [0.2, 0.25) is 0 Å². The maximum absolute atomic E-state index is 11.9. The van der Waals surface area contributed by atoms with Crippen molar-refractivity contribution in [1.29, 1.82) is 0 Å². The van der Waals surface area contributed by atoms with Crippen LogP contribution in [0.3, 0.4) is 0 Å². The summed E-state index contributed by atoms with van der Waals surface area (Å²) in [5.41, 5.74) is 1.02. The first-order valence-electron chi connectivity index (χ1n) is 7.10. The number of aryl methyl sites for hydroxylation is 1. The molecule has 0 radical (unpaired) electrons. The minimum Gasteiger partial charge on any atom is -0.350 e. The second-order valence-electron chi connectivity index (χ2n) is 6.07. The van der Waals surface area contributed by atoms with Gasteiger partial charge in [-0.2, -0.15) is 0 Å². The second-order valence-corrected chi connectivity index (χ2v) is 6.07. The minimum absolute atomic E-state index is 0.115. The van der Waals surface area contributed by atoms with E-state index in [1.807, 2.05) is 39.8 Å². The molecule has 1 aromatic carbocycles. The van der Waals surface area contributed by atoms with Crippen LogP contribution in [-0.2, 0) is 9.59 Å². The predicted octanol–water partition coefficient (Wildman–Crippen LogP) is 0.756. The van der Waals surface area contributed by atoms with E-state index in [0.717, 1.165) is 5.56 Å². The summed E-state index contributed by atoms with van der Waals surface area (Å²) in [6.07, 6.45) is 0. The quantitative estimate of drug-likeness (QED) is 0.750. The van der Waals surface area contributed by atoms with Crippen LogP contribution in [0.25, 0.3) is 0 Å². The summed E-state index contributed by atoms with van der Waals surface area (Å²) in [4.78, 5) is 35.1. The molecule has 0 aliphatic heterocycles. The van der Waals surface area contributed by atoms with Gasteiger partial charge in [-0.3, -0.25) is 14.4 Å². The lowest BCUT2D eigenvalue weighted by molar-refractivity contribution is -0.126. The van der Waals surface area contributed by atoms with Gasteiger partial charge in [0, 0.05) is 11.1 Å². The van der Waals surface area contributed by atoms with Crippen LogP contribution in [0.5, 0.6) is 0 Å². The Hall–Kier alpha value is -2.37. The highest BCUT2D eigenvalue weighted by Crippen LogP contribution is 2.06. The molecule has 0 fully saturated rings. The lowest BCUT2D eigenvalue weighted by Gasteiger charge is -2.20. The molecule has 3 N–H and O–H groups in total. The molecule has 1 rings (SSSR count). The van der Waals surface area contributed by atoms with Gasteiger partial charge in [0.2, 0.25) is 11.8 Å². The number of hydrogen-bond donors (Lipinski definition) is 3. The van der Waals surface area contributed by atoms with Crippen molar-refractivity contribution in [2.75, 3.05) is 13.1 Å². The molecule has 0 saturated carbocycles. The smallest absolute Gasteiger partial charge is 0.251 e. The maximum Gasteiger partial charge on any atom is 0.251 e. The molecule has 0 heterocycles. The van der Waals surface area contributed by atoms with Crippen LogP contribution in [0, 0.1) is 6.92 Å². The number of nitrogens with one attached hydrogen (secondary N) is 3. The Morgan fingerprint density at radius 1 is 0.955 bits per heavy atom. The van der Waals surface area contributed by atoms with Crippen LogP contribution < -0.4 is 16.0 Å². The highest BCUT2D eigenvalue weighted by Gasteiger charge is 2.14. The fourth-order valence-corrected chi connectivity index (χ4v) is 1.79. The van der Waals surface area contributed by atoms with Crippen molar-refractivity contribution in [2.24, 2.45) is 0 Å². The molecule has 6 nitrogen and oxygen atoms in total. The summed E-state index contributed by atoms with van der Waals surface area (Å²) in [5, 5.41) is 7.72. The van der Waals surface area contributed by atoms with E-state index in [2.05, 4.69) is 16.0 Å². The third-order valence-electron chi connectivity index (χ3n) is 2.76. The van der Waals surface area contributed by atoms with Gasteiger partial charge in [0.15, 0.2) is 0 Å². The van der Waals surface area contributed by atoms with Gasteiger partial charge in [-0.1, -0.05) is 18.2 Å². The van der Waals surface area contributed by atoms with E-state index < -0.39 is 5.91 Å². The zero-order valence-corrected chi connectivity index (χ0v) is 13.4. The number of amides is 3. The standard InChI is InChI=1S/C16H23N3O3/c1-11-7-5-6-8-12(11)15(22)18-9-13(20)17-10-14(21)19-16(2,3)4/h5-8H,9-10H2,1-4H3,(H,17,20)(H,18,22)(H,19,21). The summed E-state index contributed by atoms with van der Waals surface area (Å²) < 4.78 is 0. The van der Waals surface area contributed by atoms with Gasteiger partial charge in [-0.05, 0) is 39.3 Å². The number of rotatable bonds is 5. The molecule has 120 valence electrons. The van der Waals surface area contributed by atoms with E-state index in [9.17, 15) is 14.4 Å². The second kappa shape index (κ2) is 7.59. The molecular weight excluding hydrogens is 282 g/mol. The largest absolute Gasteiger partial charge is 0.350 e. The normalized spacial score (nSPS) is 10.7. The molecule has 6 heteroatoms. The van der Waals surface area contributed by atoms with Gasteiger partial charge in [-0.25, -0.2) is 0 Å². The third kappa shape index (κ3) is 6.39. The van der Waals surface area contributed by atoms with Crippen LogP contribution in [0.4, 0.5) is 0 Å². The van der Waals surface area contributed by atoms with Gasteiger partial charge in [0.05, 0.1) is 13.1 Å². The maximum atomic E-state index is 11.9. The van der Waals surface area contributed by atoms with Crippen molar-refractivity contribution >= 4 is 17.7 Å². The Morgan fingerprint density at radius 2 is 1.55 bits per heavy atom. The summed E-state index contributed by atoms with van der Waals surface area (Å²) in [7, 11) is 0. The first-order chi connectivity index (χ1) is 10.2. The minimum atomic E-state index is -0.411. The molecule has 0 spiro atoms. The SMILES string of the molecule is Cc1ccccc1C(=O)NCC(=O)NCC(=O)NC(C)(C)C. The van der Waals surface area contributed by atoms with Crippen LogP contribution in [0.15, 0.2) is 24.3 Å². The first kappa shape index (κ1) is 17.7. The number of benzene rings is 1. The highest BCUT2D eigenvalue weighted by atomic mass is 16.2. The van der Waals surface area contributed by atoms with Gasteiger partial charge in [0.1, 0.15) is 0 Å².